The molecule has 0 bridgehead atoms. The molecule has 0 atom stereocenters. The smallest absolute Gasteiger partial charge is 0.252 e. The maximum absolute atomic E-state index is 13.4. The number of hydrogen-bond donors (Lipinski definition) is 1. The van der Waals surface area contributed by atoms with Gasteiger partial charge in [-0.2, -0.15) is 4.31 Å². The minimum Gasteiger partial charge on any atom is -0.352 e. The van der Waals surface area contributed by atoms with Crippen molar-refractivity contribution in [2.24, 2.45) is 5.92 Å². The summed E-state index contributed by atoms with van der Waals surface area (Å²) in [5, 5.41) is 3.44. The first-order valence-electron chi connectivity index (χ1n) is 13.2. The number of pyridine rings is 2. The number of benzene rings is 1. The number of nitrogens with one attached hydrogen (secondary N) is 1. The Morgan fingerprint density at radius 1 is 1.13 bits per heavy atom. The fourth-order valence-electron chi connectivity index (χ4n) is 5.10. The van der Waals surface area contributed by atoms with Crippen LogP contribution in [0.15, 0.2) is 53.7 Å². The highest BCUT2D eigenvalue weighted by atomic mass is 32.2. The monoisotopic (exact) mass is 535 g/mol. The van der Waals surface area contributed by atoms with Crippen molar-refractivity contribution in [2.75, 3.05) is 32.7 Å². The van der Waals surface area contributed by atoms with Gasteiger partial charge in [-0.25, -0.2) is 13.4 Å². The fraction of sp³-hybridized carbons (Fsp3) is 0.429. The van der Waals surface area contributed by atoms with Gasteiger partial charge in [0.15, 0.2) is 0 Å². The van der Waals surface area contributed by atoms with Crippen molar-refractivity contribution in [3.63, 3.8) is 0 Å². The van der Waals surface area contributed by atoms with E-state index < -0.39 is 10.0 Å². The third-order valence-corrected chi connectivity index (χ3v) is 9.32. The molecule has 10 heteroatoms. The van der Waals surface area contributed by atoms with Crippen LogP contribution in [0, 0.1) is 5.92 Å². The lowest BCUT2D eigenvalue weighted by atomic mass is 10.0. The fourth-order valence-corrected chi connectivity index (χ4v) is 6.59. The Labute approximate surface area is 223 Å². The van der Waals surface area contributed by atoms with Crippen LogP contribution in [-0.4, -0.2) is 72.1 Å². The van der Waals surface area contributed by atoms with Gasteiger partial charge in [0, 0.05) is 62.5 Å². The highest BCUT2D eigenvalue weighted by Crippen LogP contribution is 2.29. The summed E-state index contributed by atoms with van der Waals surface area (Å²) in [5.41, 5.74) is 2.23. The zero-order chi connectivity index (χ0) is 26.7. The first-order valence-corrected chi connectivity index (χ1v) is 14.7. The molecular formula is C28H33N5O4S. The average Bonchev–Trinajstić information content (AvgIpc) is 3.35. The second kappa shape index (κ2) is 11.2. The maximum Gasteiger partial charge on any atom is 0.252 e. The van der Waals surface area contributed by atoms with E-state index in [2.05, 4.69) is 17.2 Å². The molecule has 2 aliphatic rings. The Morgan fingerprint density at radius 3 is 2.66 bits per heavy atom. The molecule has 1 aromatic carbocycles. The van der Waals surface area contributed by atoms with Crippen molar-refractivity contribution < 1.29 is 18.0 Å². The summed E-state index contributed by atoms with van der Waals surface area (Å²) in [5.74, 6) is 0.359. The van der Waals surface area contributed by atoms with Crippen molar-refractivity contribution in [1.29, 1.82) is 0 Å². The Bertz CT molecular complexity index is 1440. The van der Waals surface area contributed by atoms with Crippen LogP contribution in [0.4, 0.5) is 0 Å². The lowest BCUT2D eigenvalue weighted by Gasteiger charge is -2.29. The molecule has 0 radical (unpaired) electrons. The van der Waals surface area contributed by atoms with E-state index in [0.717, 1.165) is 31.4 Å². The number of piperidine rings is 1. The van der Waals surface area contributed by atoms with Gasteiger partial charge >= 0.3 is 0 Å². The summed E-state index contributed by atoms with van der Waals surface area (Å²) in [6.07, 6.45) is 7.13. The van der Waals surface area contributed by atoms with E-state index in [1.807, 2.05) is 11.0 Å². The van der Waals surface area contributed by atoms with Crippen LogP contribution < -0.4 is 5.32 Å². The lowest BCUT2D eigenvalue weighted by molar-refractivity contribution is -0.127. The van der Waals surface area contributed by atoms with Gasteiger partial charge in [0.25, 0.3) is 5.91 Å². The van der Waals surface area contributed by atoms with E-state index in [1.54, 1.807) is 42.7 Å². The van der Waals surface area contributed by atoms with Gasteiger partial charge < -0.3 is 10.2 Å². The van der Waals surface area contributed by atoms with E-state index in [4.69, 9.17) is 4.98 Å². The molecule has 9 nitrogen and oxygen atoms in total. The predicted octanol–water partition coefficient (Wildman–Crippen LogP) is 3.46. The molecule has 4 heterocycles. The van der Waals surface area contributed by atoms with Crippen LogP contribution in [0.3, 0.4) is 0 Å². The van der Waals surface area contributed by atoms with Crippen LogP contribution in [0.5, 0.6) is 0 Å². The van der Waals surface area contributed by atoms with E-state index >= 15 is 0 Å². The van der Waals surface area contributed by atoms with Crippen LogP contribution in [0.1, 0.15) is 49.4 Å². The molecule has 200 valence electrons. The number of amides is 2. The number of hydrogen-bond acceptors (Lipinski definition) is 6. The number of aromatic nitrogens is 2. The number of sulfonamides is 1. The molecule has 3 aromatic rings. The average molecular weight is 536 g/mol. The second-order valence-electron chi connectivity index (χ2n) is 10.2. The van der Waals surface area contributed by atoms with E-state index in [-0.39, 0.29) is 16.7 Å². The molecule has 2 aromatic heterocycles. The van der Waals surface area contributed by atoms with E-state index in [9.17, 15) is 18.0 Å². The molecule has 0 aliphatic carbocycles. The van der Waals surface area contributed by atoms with Gasteiger partial charge in [0.1, 0.15) is 0 Å². The molecule has 2 amide bonds. The molecule has 0 saturated carbocycles. The van der Waals surface area contributed by atoms with Gasteiger partial charge in [-0.15, -0.1) is 0 Å². The minimum absolute atomic E-state index is 0.162. The minimum atomic E-state index is -3.69. The first-order chi connectivity index (χ1) is 18.3. The standard InChI is InChI=1S/C28H33N5O4S/c1-20-9-15-33(16-10-20)38(36,37)22-7-8-25-23(17-22)24(18-26(31-25)21-5-2-11-29-19-21)28(35)30-12-4-14-32-13-3-6-27(32)34/h2,5,7-8,11,17-20H,3-4,6,9-10,12-16H2,1H3,(H,30,35). The first kappa shape index (κ1) is 26.2. The zero-order valence-electron chi connectivity index (χ0n) is 21.6. The summed E-state index contributed by atoms with van der Waals surface area (Å²) >= 11 is 0. The van der Waals surface area contributed by atoms with E-state index in [0.29, 0.717) is 67.1 Å². The largest absolute Gasteiger partial charge is 0.352 e. The van der Waals surface area contributed by atoms with Gasteiger partial charge in [0.2, 0.25) is 15.9 Å². The topological polar surface area (TPSA) is 113 Å². The van der Waals surface area contributed by atoms with Gasteiger partial charge in [-0.05, 0) is 68.0 Å². The lowest BCUT2D eigenvalue weighted by Crippen LogP contribution is -2.37. The molecule has 0 spiro atoms. The number of carbonyl (C=O) groups is 2. The molecular weight excluding hydrogens is 502 g/mol. The highest BCUT2D eigenvalue weighted by Gasteiger charge is 2.29. The van der Waals surface area contributed by atoms with Crippen molar-refractivity contribution in [1.82, 2.24) is 24.5 Å². The highest BCUT2D eigenvalue weighted by molar-refractivity contribution is 7.89. The number of fused-ring (bicyclic) bond motifs is 1. The van der Waals surface area contributed by atoms with Crippen LogP contribution in [-0.2, 0) is 14.8 Å². The van der Waals surface area contributed by atoms with Gasteiger partial charge in [-0.3, -0.25) is 14.6 Å². The quantitative estimate of drug-likeness (QED) is 0.442. The summed E-state index contributed by atoms with van der Waals surface area (Å²) in [6.45, 7) is 4.90. The third-order valence-electron chi connectivity index (χ3n) is 7.42. The Kier molecular flexibility index (Phi) is 7.71. The second-order valence-corrected chi connectivity index (χ2v) is 12.1. The van der Waals surface area contributed by atoms with Crippen LogP contribution in [0.2, 0.25) is 0 Å². The predicted molar refractivity (Wildman–Crippen MR) is 145 cm³/mol. The number of rotatable bonds is 8. The summed E-state index contributed by atoms with van der Waals surface area (Å²) in [6, 6.07) is 10.2. The maximum atomic E-state index is 13.4. The molecule has 38 heavy (non-hydrogen) atoms. The Morgan fingerprint density at radius 2 is 1.95 bits per heavy atom. The molecule has 5 rings (SSSR count). The normalized spacial score (nSPS) is 17.3. The van der Waals surface area contributed by atoms with Gasteiger partial charge in [0.05, 0.1) is 21.7 Å². The van der Waals surface area contributed by atoms with Crippen molar-refractivity contribution >= 4 is 32.7 Å². The summed E-state index contributed by atoms with van der Waals surface area (Å²) in [7, 11) is -3.69. The molecule has 1 N–H and O–H groups in total. The molecule has 0 unspecified atom stereocenters. The van der Waals surface area contributed by atoms with Gasteiger partial charge in [-0.1, -0.05) is 6.92 Å². The van der Waals surface area contributed by atoms with Crippen molar-refractivity contribution in [3.05, 3.63) is 54.4 Å². The van der Waals surface area contributed by atoms with Crippen LogP contribution in [0.25, 0.3) is 22.2 Å². The molecule has 2 aliphatic heterocycles. The number of nitrogens with zero attached hydrogens (tertiary/aromatic N) is 4. The Balaban J connectivity index is 1.44. The van der Waals surface area contributed by atoms with Crippen LogP contribution >= 0.6 is 0 Å². The summed E-state index contributed by atoms with van der Waals surface area (Å²) < 4.78 is 28.4. The number of carbonyl (C=O) groups excluding carboxylic acids is 2. The van der Waals surface area contributed by atoms with Crippen molar-refractivity contribution in [3.8, 4) is 11.3 Å². The molecule has 2 saturated heterocycles. The van der Waals surface area contributed by atoms with Crippen molar-refractivity contribution in [2.45, 2.75) is 43.9 Å². The Hall–Kier alpha value is -3.37. The number of likely N-dealkylation sites (tertiary alicyclic amines) is 1. The van der Waals surface area contributed by atoms with E-state index in [1.165, 1.54) is 4.31 Å². The SMILES string of the molecule is CC1CCN(S(=O)(=O)c2ccc3nc(-c4cccnc4)cc(C(=O)NCCCN4CCCC4=O)c3c2)CC1. The third kappa shape index (κ3) is 5.56. The summed E-state index contributed by atoms with van der Waals surface area (Å²) in [4.78, 5) is 36.1. The zero-order valence-corrected chi connectivity index (χ0v) is 22.4. The molecule has 2 fully saturated rings.